The predicted molar refractivity (Wildman–Crippen MR) is 293 cm³/mol. The maximum absolute atomic E-state index is 12.9. The maximum atomic E-state index is 12.9. The van der Waals surface area contributed by atoms with Gasteiger partial charge in [0.15, 0.2) is 0 Å². The van der Waals surface area contributed by atoms with E-state index >= 15 is 0 Å². The molecule has 1 amide bonds. The number of carbonyl (C=O) groups is 2. The Morgan fingerprint density at radius 2 is 0.848 bits per heavy atom. The molecule has 0 fully saturated rings. The van der Waals surface area contributed by atoms with Crippen molar-refractivity contribution in [2.24, 2.45) is 15.1 Å². The van der Waals surface area contributed by atoms with E-state index in [1.54, 1.807) is 13.8 Å². The summed E-state index contributed by atoms with van der Waals surface area (Å²) in [6.45, 7) is 5.57. The van der Waals surface area contributed by atoms with Gasteiger partial charge in [-0.3, -0.25) is 4.79 Å². The molecule has 7 nitrogen and oxygen atoms in total. The Bertz CT molecular complexity index is 2100. The van der Waals surface area contributed by atoms with Crippen LogP contribution >= 0.6 is 38.4 Å². The number of rotatable bonds is 24. The molecule has 0 aliphatic rings. The molecule has 1 atom stereocenters. The van der Waals surface area contributed by atoms with Crippen molar-refractivity contribution in [1.82, 2.24) is 5.32 Å². The van der Waals surface area contributed by atoms with Crippen molar-refractivity contribution < 1.29 is 9.59 Å². The number of ketones is 1. The van der Waals surface area contributed by atoms with Crippen LogP contribution in [0.4, 0.5) is 0 Å². The van der Waals surface area contributed by atoms with E-state index in [2.05, 4.69) is 196 Å². The van der Waals surface area contributed by atoms with Crippen molar-refractivity contribution >= 4 is 81.9 Å². The molecule has 0 aromatic heterocycles. The van der Waals surface area contributed by atoms with Gasteiger partial charge in [0.2, 0.25) is 5.91 Å². The normalized spacial score (nSPS) is 11.6. The third-order valence-corrected chi connectivity index (χ3v) is 22.1. The fourth-order valence-electron chi connectivity index (χ4n) is 8.40. The van der Waals surface area contributed by atoms with Gasteiger partial charge in [-0.2, -0.15) is 0 Å². The first kappa shape index (κ1) is 55.5. The summed E-state index contributed by atoms with van der Waals surface area (Å²) in [5, 5.41) is 11.4. The molecule has 0 saturated heterocycles. The van der Waals surface area contributed by atoms with Crippen LogP contribution < -0.4 is 37.1 Å². The molecule has 6 rings (SSSR count). The summed E-state index contributed by atoms with van der Waals surface area (Å²) >= 11 is 1.94. The van der Waals surface area contributed by atoms with Gasteiger partial charge >= 0.3 is 0 Å². The average Bonchev–Trinajstić information content (AvgIpc) is 3.33. The quantitative estimate of drug-likeness (QED) is 0.0213. The van der Waals surface area contributed by atoms with Crippen molar-refractivity contribution in [3.05, 3.63) is 207 Å². The molecule has 1 N–H and O–H groups in total. The number of hydrogen-bond donors (Lipinski definition) is 1. The van der Waals surface area contributed by atoms with E-state index in [9.17, 15) is 19.4 Å². The Labute approximate surface area is 405 Å². The highest BCUT2D eigenvalue weighted by molar-refractivity contribution is 7.99. The van der Waals surface area contributed by atoms with Crippen molar-refractivity contribution in [2.75, 3.05) is 24.6 Å². The fourth-order valence-corrected chi connectivity index (χ4v) is 18.1. The zero-order valence-corrected chi connectivity index (χ0v) is 42.6. The number of nitroso groups, excluding NO2 is 2. The molecule has 66 heavy (non-hydrogen) atoms. The van der Waals surface area contributed by atoms with Crippen LogP contribution in [-0.2, 0) is 9.59 Å². The minimum Gasteiger partial charge on any atom is -0.358 e. The van der Waals surface area contributed by atoms with Gasteiger partial charge in [-0.1, -0.05) is 109 Å². The lowest BCUT2D eigenvalue weighted by molar-refractivity contribution is -0.129. The van der Waals surface area contributed by atoms with Crippen molar-refractivity contribution in [3.8, 4) is 0 Å². The molecule has 0 aliphatic heterocycles. The number of unbranched alkanes of at least 4 members (excludes halogenated alkanes) is 3. The van der Waals surface area contributed by atoms with E-state index in [1.165, 1.54) is 38.8 Å². The SMILES string of the molecule is CC(=O)CC(C(=O)NCCCCC[P+](c1ccccc1)(c1ccccc1)c1ccccc1)C(C)(C)SN=O.O=NSCCCC[P+](c1ccccc1)(c1ccccc1)c1ccccc1.[CH3-].[CH3-]. The minimum absolute atomic E-state index is 0. The molecule has 0 saturated carbocycles. The Balaban J connectivity index is 0.000000362. The molecule has 6 aromatic rings. The summed E-state index contributed by atoms with van der Waals surface area (Å²) in [6, 6.07) is 65.3. The smallest absolute Gasteiger partial charge is 0.225 e. The summed E-state index contributed by atoms with van der Waals surface area (Å²) in [7, 11) is -3.57. The maximum Gasteiger partial charge on any atom is 0.225 e. The molecule has 0 bridgehead atoms. The number of nitrogens with one attached hydrogen (secondary N) is 1. The zero-order valence-electron chi connectivity index (χ0n) is 39.2. The lowest BCUT2D eigenvalue weighted by Gasteiger charge is -2.29. The summed E-state index contributed by atoms with van der Waals surface area (Å²) in [4.78, 5) is 45.9. The van der Waals surface area contributed by atoms with E-state index in [-0.39, 0.29) is 33.0 Å². The first-order chi connectivity index (χ1) is 31.2. The van der Waals surface area contributed by atoms with E-state index < -0.39 is 25.2 Å². The van der Waals surface area contributed by atoms with Crippen LogP contribution in [0.15, 0.2) is 191 Å². The highest BCUT2D eigenvalue weighted by atomic mass is 32.2. The first-order valence-electron chi connectivity index (χ1n) is 22.0. The molecule has 348 valence electrons. The number of benzene rings is 6. The summed E-state index contributed by atoms with van der Waals surface area (Å²) in [5.74, 6) is -0.0775. The van der Waals surface area contributed by atoms with Crippen LogP contribution in [0.5, 0.6) is 0 Å². The van der Waals surface area contributed by atoms with E-state index in [1.807, 2.05) is 0 Å². The predicted octanol–water partition coefficient (Wildman–Crippen LogP) is 12.1. The molecule has 6 aromatic carbocycles. The number of carbonyl (C=O) groups excluding carboxylic acids is 2. The van der Waals surface area contributed by atoms with Crippen LogP contribution in [0.2, 0.25) is 0 Å². The molecule has 0 spiro atoms. The van der Waals surface area contributed by atoms with Gasteiger partial charge < -0.3 is 25.0 Å². The number of amides is 1. The molecular weight excluding hydrogens is 893 g/mol. The van der Waals surface area contributed by atoms with Gasteiger partial charge in [0.25, 0.3) is 0 Å². The summed E-state index contributed by atoms with van der Waals surface area (Å²) in [6.07, 6.45) is 7.16. The van der Waals surface area contributed by atoms with Crippen LogP contribution in [0.3, 0.4) is 0 Å². The van der Waals surface area contributed by atoms with Gasteiger partial charge in [0.05, 0.1) is 18.2 Å². The number of nitrogens with zero attached hydrogens (tertiary/aromatic N) is 2. The molecule has 1 unspecified atom stereocenters. The van der Waals surface area contributed by atoms with Crippen molar-refractivity contribution in [1.29, 1.82) is 0 Å². The topological polar surface area (TPSA) is 105 Å². The van der Waals surface area contributed by atoms with E-state index in [0.29, 0.717) is 6.54 Å². The standard InChI is InChI=1S/C31H37N2O3PS.C22H23NOPS.2CH3/c1-25(34)24-29(31(2,3)38-33-36)30(35)32-22-14-7-15-23-37(26-16-8-4-9-17-26,27-18-10-5-11-19-27)28-20-12-6-13-21-28;24-23-26-19-11-10-18-25(20-12-4-1-5-13-20,21-14-6-2-7-15-21)22-16-8-3-9-17-22;;/h4-6,8-13,16-21,29H,7,14-15,22-24H2,1-3H3;1-9,12-17H,10-11,18-19H2;2*1H3/q;+1;2*-1/p+1. The minimum atomic E-state index is -1.85. The molecule has 0 heterocycles. The van der Waals surface area contributed by atoms with Gasteiger partial charge in [0, 0.05) is 56.5 Å². The van der Waals surface area contributed by atoms with Crippen LogP contribution in [0.1, 0.15) is 59.3 Å². The Morgan fingerprint density at radius 3 is 1.15 bits per heavy atom. The first-order valence-corrected chi connectivity index (χ1v) is 27.7. The van der Waals surface area contributed by atoms with Gasteiger partial charge in [-0.05, 0) is 126 Å². The lowest BCUT2D eigenvalue weighted by atomic mass is 9.89. The Kier molecular flexibility index (Phi) is 24.5. The number of Topliss-reactive ketones (excluding diaryl/α,β-unsaturated/α-hetero) is 1. The second kappa shape index (κ2) is 29.1. The van der Waals surface area contributed by atoms with Crippen molar-refractivity contribution in [2.45, 2.75) is 64.0 Å². The van der Waals surface area contributed by atoms with Crippen molar-refractivity contribution in [3.63, 3.8) is 0 Å². The second-order valence-corrected chi connectivity index (χ2v) is 25.7. The summed E-state index contributed by atoms with van der Waals surface area (Å²) in [5.41, 5.74) is 0. The average molecular weight is 960 g/mol. The fraction of sp³-hybridized carbons (Fsp3) is 0.273. The monoisotopic (exact) mass is 959 g/mol. The van der Waals surface area contributed by atoms with Gasteiger partial charge in [-0.25, -0.2) is 0 Å². The zero-order chi connectivity index (χ0) is 45.5. The molecule has 0 aliphatic carbocycles. The number of hydrogen-bond acceptors (Lipinski definition) is 8. The molecular formula is C55H67N3O4P2S2. The third kappa shape index (κ3) is 15.1. The highest BCUT2D eigenvalue weighted by Crippen LogP contribution is 2.57. The van der Waals surface area contributed by atoms with Gasteiger partial charge in [0.1, 0.15) is 52.1 Å². The highest BCUT2D eigenvalue weighted by Gasteiger charge is 2.46. The lowest BCUT2D eigenvalue weighted by Crippen LogP contribution is -2.42. The van der Waals surface area contributed by atoms with Crippen LogP contribution in [-0.4, -0.2) is 41.1 Å². The third-order valence-electron chi connectivity index (χ3n) is 11.6. The van der Waals surface area contributed by atoms with Crippen LogP contribution in [0.25, 0.3) is 0 Å². The van der Waals surface area contributed by atoms with Gasteiger partial charge in [-0.15, -0.1) is 9.81 Å². The van der Waals surface area contributed by atoms with E-state index in [0.717, 1.165) is 74.1 Å². The molecule has 11 heteroatoms. The Morgan fingerprint density at radius 1 is 0.515 bits per heavy atom. The van der Waals surface area contributed by atoms with Crippen LogP contribution in [0, 0.1) is 30.6 Å². The summed E-state index contributed by atoms with van der Waals surface area (Å²) < 4.78 is 5.09. The second-order valence-electron chi connectivity index (χ2n) is 16.3. The molecule has 0 radical (unpaired) electrons. The Hall–Kier alpha value is -4.78. The van der Waals surface area contributed by atoms with E-state index in [4.69, 9.17) is 0 Å². The largest absolute Gasteiger partial charge is 0.358 e.